The molecule has 0 aliphatic heterocycles. The molecule has 1 saturated carbocycles. The summed E-state index contributed by atoms with van der Waals surface area (Å²) in [4.78, 5) is 2.45. The van der Waals surface area contributed by atoms with Crippen molar-refractivity contribution < 1.29 is 0 Å². The fraction of sp³-hybridized carbons (Fsp3) is 0.625. The maximum atomic E-state index is 2.45. The van der Waals surface area contributed by atoms with Crippen LogP contribution < -0.4 is 0 Å². The first-order valence-corrected chi connectivity index (χ1v) is 6.90. The second-order valence-corrected chi connectivity index (χ2v) is 5.66. The summed E-state index contributed by atoms with van der Waals surface area (Å²) in [6.45, 7) is 2.34. The Labute approximate surface area is 106 Å². The van der Waals surface area contributed by atoms with E-state index in [1.807, 2.05) is 0 Å². The van der Waals surface area contributed by atoms with Crippen LogP contribution in [-0.4, -0.2) is 24.5 Å². The summed E-state index contributed by atoms with van der Waals surface area (Å²) in [5.41, 5.74) is 2.00. The van der Waals surface area contributed by atoms with E-state index >= 15 is 0 Å². The van der Waals surface area contributed by atoms with Crippen LogP contribution in [0, 0.1) is 0 Å². The van der Waals surface area contributed by atoms with Gasteiger partial charge >= 0.3 is 0 Å². The molecule has 1 aromatic carbocycles. The van der Waals surface area contributed by atoms with E-state index in [0.717, 1.165) is 5.92 Å². The van der Waals surface area contributed by atoms with E-state index < -0.39 is 0 Å². The van der Waals surface area contributed by atoms with Crippen molar-refractivity contribution in [3.63, 3.8) is 0 Å². The Kier molecular flexibility index (Phi) is 3.88. The molecule has 1 aliphatic rings. The van der Waals surface area contributed by atoms with Crippen molar-refractivity contribution in [2.24, 2.45) is 0 Å². The van der Waals surface area contributed by atoms with E-state index in [9.17, 15) is 0 Å². The standard InChI is InChI=1S/C16H25N/c1-4-16(17(2)3)12-10-15(11-13-16)14-8-6-5-7-9-14/h5-9,15H,4,10-13H2,1-3H3. The maximum absolute atomic E-state index is 2.45. The SMILES string of the molecule is CCC1(N(C)C)CCC(c2ccccc2)CC1. The van der Waals surface area contributed by atoms with Crippen LogP contribution in [0.5, 0.6) is 0 Å². The molecule has 0 aromatic heterocycles. The van der Waals surface area contributed by atoms with Gasteiger partial charge < -0.3 is 4.90 Å². The minimum absolute atomic E-state index is 0.464. The van der Waals surface area contributed by atoms with E-state index in [2.05, 4.69) is 56.3 Å². The Morgan fingerprint density at radius 3 is 2.18 bits per heavy atom. The summed E-state index contributed by atoms with van der Waals surface area (Å²) >= 11 is 0. The molecule has 0 unspecified atom stereocenters. The van der Waals surface area contributed by atoms with Gasteiger partial charge in [-0.3, -0.25) is 0 Å². The lowest BCUT2D eigenvalue weighted by Crippen LogP contribution is -2.46. The Balaban J connectivity index is 2.03. The van der Waals surface area contributed by atoms with E-state index in [1.165, 1.54) is 37.7 Å². The molecule has 1 fully saturated rings. The van der Waals surface area contributed by atoms with E-state index in [-0.39, 0.29) is 0 Å². The van der Waals surface area contributed by atoms with Gasteiger partial charge in [-0.2, -0.15) is 0 Å². The average molecular weight is 231 g/mol. The highest BCUT2D eigenvalue weighted by molar-refractivity contribution is 5.20. The number of hydrogen-bond donors (Lipinski definition) is 0. The summed E-state index contributed by atoms with van der Waals surface area (Å²) in [7, 11) is 4.48. The molecule has 0 bridgehead atoms. The molecule has 0 saturated heterocycles. The van der Waals surface area contributed by atoms with Crippen molar-refractivity contribution in [3.8, 4) is 0 Å². The van der Waals surface area contributed by atoms with Crippen LogP contribution in [0.2, 0.25) is 0 Å². The van der Waals surface area contributed by atoms with Gasteiger partial charge in [0.2, 0.25) is 0 Å². The van der Waals surface area contributed by atoms with Gasteiger partial charge in [-0.15, -0.1) is 0 Å². The Morgan fingerprint density at radius 1 is 1.12 bits per heavy atom. The minimum Gasteiger partial charge on any atom is -0.304 e. The van der Waals surface area contributed by atoms with Gasteiger partial charge in [-0.25, -0.2) is 0 Å². The first kappa shape index (κ1) is 12.6. The summed E-state index contributed by atoms with van der Waals surface area (Å²) in [5.74, 6) is 0.788. The van der Waals surface area contributed by atoms with Crippen molar-refractivity contribution in [1.82, 2.24) is 4.90 Å². The Bertz CT molecular complexity index is 334. The van der Waals surface area contributed by atoms with Crippen LogP contribution in [0.1, 0.15) is 50.5 Å². The number of nitrogens with zero attached hydrogens (tertiary/aromatic N) is 1. The third kappa shape index (κ3) is 2.55. The molecule has 0 radical (unpaired) electrons. The predicted molar refractivity (Wildman–Crippen MR) is 74.4 cm³/mol. The molecule has 1 aliphatic carbocycles. The summed E-state index contributed by atoms with van der Waals surface area (Å²) in [6, 6.07) is 11.0. The molecular weight excluding hydrogens is 206 g/mol. The van der Waals surface area contributed by atoms with Gasteiger partial charge in [-0.05, 0) is 57.7 Å². The van der Waals surface area contributed by atoms with Gasteiger partial charge in [0.05, 0.1) is 0 Å². The van der Waals surface area contributed by atoms with E-state index in [1.54, 1.807) is 0 Å². The van der Waals surface area contributed by atoms with Crippen LogP contribution in [0.15, 0.2) is 30.3 Å². The van der Waals surface area contributed by atoms with Crippen LogP contribution >= 0.6 is 0 Å². The molecule has 0 atom stereocenters. The second-order valence-electron chi connectivity index (χ2n) is 5.66. The van der Waals surface area contributed by atoms with Crippen LogP contribution in [0.25, 0.3) is 0 Å². The summed E-state index contributed by atoms with van der Waals surface area (Å²) < 4.78 is 0. The van der Waals surface area contributed by atoms with Gasteiger partial charge in [-0.1, -0.05) is 37.3 Å². The third-order valence-corrected chi connectivity index (χ3v) is 4.79. The number of rotatable bonds is 3. The van der Waals surface area contributed by atoms with E-state index in [0.29, 0.717) is 5.54 Å². The van der Waals surface area contributed by atoms with E-state index in [4.69, 9.17) is 0 Å². The lowest BCUT2D eigenvalue weighted by molar-refractivity contribution is 0.0884. The quantitative estimate of drug-likeness (QED) is 0.758. The highest BCUT2D eigenvalue weighted by Crippen LogP contribution is 2.41. The molecule has 0 spiro atoms. The fourth-order valence-electron chi connectivity index (χ4n) is 3.33. The molecule has 94 valence electrons. The second kappa shape index (κ2) is 5.22. The lowest BCUT2D eigenvalue weighted by atomic mass is 9.72. The zero-order valence-electron chi connectivity index (χ0n) is 11.4. The largest absolute Gasteiger partial charge is 0.304 e. The molecule has 17 heavy (non-hydrogen) atoms. The molecule has 1 heteroatoms. The number of benzene rings is 1. The normalized spacial score (nSPS) is 29.5. The van der Waals surface area contributed by atoms with Crippen molar-refractivity contribution in [3.05, 3.63) is 35.9 Å². The van der Waals surface area contributed by atoms with Gasteiger partial charge in [0.15, 0.2) is 0 Å². The van der Waals surface area contributed by atoms with Crippen LogP contribution in [0.3, 0.4) is 0 Å². The lowest BCUT2D eigenvalue weighted by Gasteiger charge is -2.45. The smallest absolute Gasteiger partial charge is 0.0201 e. The van der Waals surface area contributed by atoms with Crippen molar-refractivity contribution in [2.75, 3.05) is 14.1 Å². The van der Waals surface area contributed by atoms with Crippen molar-refractivity contribution in [1.29, 1.82) is 0 Å². The average Bonchev–Trinajstić information content (AvgIpc) is 2.39. The highest BCUT2D eigenvalue weighted by Gasteiger charge is 2.35. The molecule has 0 amide bonds. The van der Waals surface area contributed by atoms with Gasteiger partial charge in [0.1, 0.15) is 0 Å². The van der Waals surface area contributed by atoms with Crippen molar-refractivity contribution >= 4 is 0 Å². The molecular formula is C16H25N. The number of hydrogen-bond acceptors (Lipinski definition) is 1. The molecule has 1 aromatic rings. The first-order chi connectivity index (χ1) is 8.18. The fourth-order valence-corrected chi connectivity index (χ4v) is 3.33. The van der Waals surface area contributed by atoms with Gasteiger partial charge in [0, 0.05) is 5.54 Å². The summed E-state index contributed by atoms with van der Waals surface area (Å²) in [6.07, 6.45) is 6.65. The highest BCUT2D eigenvalue weighted by atomic mass is 15.1. The molecule has 0 N–H and O–H groups in total. The molecule has 0 heterocycles. The molecule has 1 nitrogen and oxygen atoms in total. The van der Waals surface area contributed by atoms with Crippen LogP contribution in [0.4, 0.5) is 0 Å². The maximum Gasteiger partial charge on any atom is 0.0201 e. The van der Waals surface area contributed by atoms with Crippen molar-refractivity contribution in [2.45, 2.75) is 50.5 Å². The monoisotopic (exact) mass is 231 g/mol. The zero-order valence-corrected chi connectivity index (χ0v) is 11.4. The van der Waals surface area contributed by atoms with Crippen LogP contribution in [-0.2, 0) is 0 Å². The zero-order chi connectivity index (χ0) is 12.3. The van der Waals surface area contributed by atoms with Gasteiger partial charge in [0.25, 0.3) is 0 Å². The third-order valence-electron chi connectivity index (χ3n) is 4.79. The summed E-state index contributed by atoms with van der Waals surface area (Å²) in [5, 5.41) is 0. The predicted octanol–water partition coefficient (Wildman–Crippen LogP) is 4.05. The minimum atomic E-state index is 0.464. The topological polar surface area (TPSA) is 3.24 Å². The first-order valence-electron chi connectivity index (χ1n) is 6.90. The Hall–Kier alpha value is -0.820. The Morgan fingerprint density at radius 2 is 1.71 bits per heavy atom. The molecule has 2 rings (SSSR count).